The molecule has 2 unspecified atom stereocenters. The Bertz CT molecular complexity index is 630. The number of rotatable bonds is 4. The van der Waals surface area contributed by atoms with Gasteiger partial charge in [0.25, 0.3) is 0 Å². The lowest BCUT2D eigenvalue weighted by Gasteiger charge is -2.51. The number of methoxy groups -OCH3 is 1. The monoisotopic (exact) mass is 294 g/mol. The fourth-order valence-electron chi connectivity index (χ4n) is 3.04. The molecule has 1 fully saturated rings. The van der Waals surface area contributed by atoms with E-state index in [0.29, 0.717) is 12.1 Å². The van der Waals surface area contributed by atoms with E-state index in [4.69, 9.17) is 4.74 Å². The van der Waals surface area contributed by atoms with Crippen LogP contribution >= 0.6 is 11.3 Å². The summed E-state index contributed by atoms with van der Waals surface area (Å²) in [7, 11) is 1.80. The van der Waals surface area contributed by atoms with Gasteiger partial charge in [-0.2, -0.15) is 5.10 Å². The first-order valence-corrected chi connectivity index (χ1v) is 7.83. The predicted molar refractivity (Wildman–Crippen MR) is 80.2 cm³/mol. The van der Waals surface area contributed by atoms with Crippen LogP contribution in [0.15, 0.2) is 0 Å². The summed E-state index contributed by atoms with van der Waals surface area (Å²) in [5.74, 6) is 0. The van der Waals surface area contributed by atoms with Gasteiger partial charge < -0.3 is 10.1 Å². The highest BCUT2D eigenvalue weighted by atomic mass is 32.1. The molecule has 20 heavy (non-hydrogen) atoms. The maximum absolute atomic E-state index is 5.50. The molecule has 0 radical (unpaired) electrons. The molecule has 2 heterocycles. The maximum Gasteiger partial charge on any atom is 0.212 e. The quantitative estimate of drug-likeness (QED) is 0.940. The number of ether oxygens (including phenoxy) is 1. The smallest absolute Gasteiger partial charge is 0.212 e. The first kappa shape index (κ1) is 14.0. The number of nitrogens with one attached hydrogen (secondary N) is 1. The first-order valence-electron chi connectivity index (χ1n) is 7.01. The van der Waals surface area contributed by atoms with Crippen molar-refractivity contribution in [1.82, 2.24) is 19.9 Å². The number of hydrogen-bond donors (Lipinski definition) is 1. The van der Waals surface area contributed by atoms with Crippen molar-refractivity contribution in [3.8, 4) is 0 Å². The van der Waals surface area contributed by atoms with Gasteiger partial charge in [-0.3, -0.25) is 0 Å². The van der Waals surface area contributed by atoms with E-state index >= 15 is 0 Å². The Labute approximate surface area is 123 Å². The standard InChI is InChI=1S/C14H22N4OS/c1-8-10(18-13(16-8)20-9(2)17-18)7-15-11-6-12(19-5)14(11,3)4/h11-12,15H,6-7H2,1-5H3. The molecule has 1 N–H and O–H groups in total. The van der Waals surface area contributed by atoms with Gasteiger partial charge in [-0.25, -0.2) is 9.50 Å². The predicted octanol–water partition coefficient (Wildman–Crippen LogP) is 2.31. The Hall–Kier alpha value is -0.980. The van der Waals surface area contributed by atoms with E-state index in [1.54, 1.807) is 18.4 Å². The number of fused-ring (bicyclic) bond motifs is 1. The van der Waals surface area contributed by atoms with E-state index in [1.807, 2.05) is 11.4 Å². The van der Waals surface area contributed by atoms with Crippen LogP contribution in [-0.2, 0) is 11.3 Å². The minimum absolute atomic E-state index is 0.185. The van der Waals surface area contributed by atoms with Crippen LogP contribution in [0.4, 0.5) is 0 Å². The fraction of sp³-hybridized carbons (Fsp3) is 0.714. The third-order valence-corrected chi connectivity index (χ3v) is 5.40. The molecule has 0 amide bonds. The van der Waals surface area contributed by atoms with Crippen molar-refractivity contribution < 1.29 is 4.74 Å². The van der Waals surface area contributed by atoms with Gasteiger partial charge in [0.05, 0.1) is 17.5 Å². The number of aromatic nitrogens is 3. The van der Waals surface area contributed by atoms with Gasteiger partial charge in [-0.15, -0.1) is 0 Å². The van der Waals surface area contributed by atoms with Crippen LogP contribution in [0, 0.1) is 19.3 Å². The molecule has 0 aliphatic heterocycles. The minimum atomic E-state index is 0.185. The van der Waals surface area contributed by atoms with Crippen molar-refractivity contribution in [3.05, 3.63) is 16.4 Å². The molecular formula is C14H22N4OS. The SMILES string of the molecule is COC1CC(NCc2c(C)nc3sc(C)nn23)C1(C)C. The van der Waals surface area contributed by atoms with E-state index in [1.165, 1.54) is 5.69 Å². The van der Waals surface area contributed by atoms with Crippen molar-refractivity contribution >= 4 is 16.3 Å². The normalized spacial score (nSPS) is 25.1. The molecule has 0 aromatic carbocycles. The number of imidazole rings is 1. The largest absolute Gasteiger partial charge is 0.381 e. The highest BCUT2D eigenvalue weighted by molar-refractivity contribution is 7.16. The average Bonchev–Trinajstić information content (AvgIpc) is 2.85. The maximum atomic E-state index is 5.50. The van der Waals surface area contributed by atoms with E-state index < -0.39 is 0 Å². The van der Waals surface area contributed by atoms with E-state index in [9.17, 15) is 0 Å². The minimum Gasteiger partial charge on any atom is -0.381 e. The van der Waals surface area contributed by atoms with Crippen LogP contribution in [0.3, 0.4) is 0 Å². The van der Waals surface area contributed by atoms with Gasteiger partial charge in [0.2, 0.25) is 4.96 Å². The Morgan fingerprint density at radius 2 is 2.20 bits per heavy atom. The van der Waals surface area contributed by atoms with Gasteiger partial charge in [-0.1, -0.05) is 25.2 Å². The molecule has 3 rings (SSSR count). The molecule has 2 aromatic heterocycles. The molecule has 110 valence electrons. The van der Waals surface area contributed by atoms with Crippen LogP contribution in [0.1, 0.15) is 36.7 Å². The van der Waals surface area contributed by atoms with Crippen molar-refractivity contribution in [1.29, 1.82) is 0 Å². The summed E-state index contributed by atoms with van der Waals surface area (Å²) in [5.41, 5.74) is 2.42. The Morgan fingerprint density at radius 1 is 1.45 bits per heavy atom. The molecule has 1 aliphatic rings. The second-order valence-electron chi connectivity index (χ2n) is 6.17. The first-order chi connectivity index (χ1) is 9.43. The van der Waals surface area contributed by atoms with Gasteiger partial charge in [0.15, 0.2) is 0 Å². The van der Waals surface area contributed by atoms with Gasteiger partial charge in [0, 0.05) is 25.1 Å². The molecule has 0 bridgehead atoms. The Kier molecular flexibility index (Phi) is 3.35. The van der Waals surface area contributed by atoms with Crippen molar-refractivity contribution in [3.63, 3.8) is 0 Å². The Balaban J connectivity index is 1.73. The summed E-state index contributed by atoms with van der Waals surface area (Å²) in [6, 6.07) is 0.483. The topological polar surface area (TPSA) is 51.5 Å². The van der Waals surface area contributed by atoms with Crippen LogP contribution < -0.4 is 5.32 Å². The lowest BCUT2D eigenvalue weighted by molar-refractivity contribution is -0.0980. The van der Waals surface area contributed by atoms with E-state index in [0.717, 1.165) is 28.6 Å². The molecule has 6 heteroatoms. The van der Waals surface area contributed by atoms with E-state index in [-0.39, 0.29) is 5.41 Å². The van der Waals surface area contributed by atoms with E-state index in [2.05, 4.69) is 36.2 Å². The van der Waals surface area contributed by atoms with Gasteiger partial charge in [0.1, 0.15) is 5.01 Å². The zero-order chi connectivity index (χ0) is 14.5. The number of nitrogens with zero attached hydrogens (tertiary/aromatic N) is 3. The highest BCUT2D eigenvalue weighted by Gasteiger charge is 2.48. The number of hydrogen-bond acceptors (Lipinski definition) is 5. The molecule has 0 spiro atoms. The number of aryl methyl sites for hydroxylation is 2. The van der Waals surface area contributed by atoms with Crippen molar-refractivity contribution in [2.45, 2.75) is 52.8 Å². The summed E-state index contributed by atoms with van der Waals surface area (Å²) in [4.78, 5) is 5.56. The summed E-state index contributed by atoms with van der Waals surface area (Å²) >= 11 is 1.64. The van der Waals surface area contributed by atoms with Crippen LogP contribution in [0.25, 0.3) is 4.96 Å². The fourth-order valence-corrected chi connectivity index (χ4v) is 3.85. The zero-order valence-corrected chi connectivity index (χ0v) is 13.5. The summed E-state index contributed by atoms with van der Waals surface area (Å²) < 4.78 is 7.47. The molecule has 5 nitrogen and oxygen atoms in total. The van der Waals surface area contributed by atoms with Crippen LogP contribution in [-0.4, -0.2) is 33.9 Å². The second kappa shape index (κ2) is 4.79. The van der Waals surface area contributed by atoms with Gasteiger partial charge >= 0.3 is 0 Å². The summed E-state index contributed by atoms with van der Waals surface area (Å²) in [6.45, 7) is 9.39. The third kappa shape index (κ3) is 2.06. The highest BCUT2D eigenvalue weighted by Crippen LogP contribution is 2.42. The summed E-state index contributed by atoms with van der Waals surface area (Å²) in [6.07, 6.45) is 1.42. The average molecular weight is 294 g/mol. The van der Waals surface area contributed by atoms with Crippen LogP contribution in [0.2, 0.25) is 0 Å². The molecule has 2 atom stereocenters. The molecular weight excluding hydrogens is 272 g/mol. The lowest BCUT2D eigenvalue weighted by Crippen LogP contribution is -2.60. The molecule has 2 aromatic rings. The van der Waals surface area contributed by atoms with Crippen LogP contribution in [0.5, 0.6) is 0 Å². The molecule has 0 saturated heterocycles. The van der Waals surface area contributed by atoms with Crippen molar-refractivity contribution in [2.75, 3.05) is 7.11 Å². The lowest BCUT2D eigenvalue weighted by atomic mass is 9.64. The zero-order valence-electron chi connectivity index (χ0n) is 12.7. The van der Waals surface area contributed by atoms with Crippen molar-refractivity contribution in [2.24, 2.45) is 5.41 Å². The molecule has 1 saturated carbocycles. The third-order valence-electron chi connectivity index (χ3n) is 4.58. The summed E-state index contributed by atoms with van der Waals surface area (Å²) in [5, 5.41) is 9.23. The molecule has 1 aliphatic carbocycles. The van der Waals surface area contributed by atoms with Gasteiger partial charge in [-0.05, 0) is 20.3 Å². The Morgan fingerprint density at radius 3 is 2.85 bits per heavy atom. The second-order valence-corrected chi connectivity index (χ2v) is 7.33.